The summed E-state index contributed by atoms with van der Waals surface area (Å²) in [4.78, 5) is 22.0. The number of carbonyl (C=O) groups excluding carboxylic acids is 1. The Morgan fingerprint density at radius 2 is 1.97 bits per heavy atom. The molecule has 1 atom stereocenters. The number of fused-ring (bicyclic) bond motifs is 2. The minimum atomic E-state index is -0.708. The maximum atomic E-state index is 13.4. The highest BCUT2D eigenvalue weighted by Crippen LogP contribution is 2.34. The zero-order valence-electron chi connectivity index (χ0n) is 17.7. The van der Waals surface area contributed by atoms with E-state index < -0.39 is 6.10 Å². The summed E-state index contributed by atoms with van der Waals surface area (Å²) < 4.78 is 18.0. The molecule has 0 radical (unpaired) electrons. The van der Waals surface area contributed by atoms with Crippen LogP contribution in [0.4, 0.5) is 5.13 Å². The van der Waals surface area contributed by atoms with Crippen molar-refractivity contribution in [2.24, 2.45) is 0 Å². The Hall–Kier alpha value is -2.55. The molecule has 2 heterocycles. The molecule has 0 N–H and O–H groups in total. The minimum Gasteiger partial charge on any atom is -0.497 e. The second kappa shape index (κ2) is 10.2. The summed E-state index contributed by atoms with van der Waals surface area (Å²) in [6.45, 7) is 1.60. The predicted octanol–water partition coefficient (Wildman–Crippen LogP) is 3.85. The highest BCUT2D eigenvalue weighted by molar-refractivity contribution is 7.22. The number of nitrogens with zero attached hydrogens (tertiary/aromatic N) is 3. The SMILES string of the molecule is COc1ccc2sc(N(CCCN(C)C)C(=O)C3COc4ccccc4O3)nc2c1.Cl. The third kappa shape index (κ3) is 5.20. The standard InChI is InChI=1S/C22H25N3O4S.ClH/c1-24(2)11-6-12-25(22-23-16-13-15(27-3)9-10-20(16)30-22)21(26)19-14-28-17-7-4-5-8-18(17)29-19;/h4-5,7-10,13,19H,6,11-12,14H2,1-3H3;1H. The van der Waals surface area contributed by atoms with Crippen LogP contribution in [0.5, 0.6) is 17.2 Å². The van der Waals surface area contributed by atoms with Crippen molar-refractivity contribution in [1.82, 2.24) is 9.88 Å². The van der Waals surface area contributed by atoms with Gasteiger partial charge in [0.15, 0.2) is 16.6 Å². The van der Waals surface area contributed by atoms with Gasteiger partial charge < -0.3 is 19.1 Å². The molecule has 1 aliphatic rings. The Bertz CT molecular complexity index is 1040. The normalized spacial score (nSPS) is 14.9. The van der Waals surface area contributed by atoms with Crippen LogP contribution in [0.25, 0.3) is 10.2 Å². The van der Waals surface area contributed by atoms with E-state index in [0.717, 1.165) is 28.9 Å². The van der Waals surface area contributed by atoms with Crippen molar-refractivity contribution in [3.8, 4) is 17.2 Å². The number of ether oxygens (including phenoxy) is 3. The zero-order valence-corrected chi connectivity index (χ0v) is 19.4. The number of rotatable bonds is 7. The summed E-state index contributed by atoms with van der Waals surface area (Å²) in [5.41, 5.74) is 0.811. The minimum absolute atomic E-state index is 0. The van der Waals surface area contributed by atoms with Crippen molar-refractivity contribution in [2.45, 2.75) is 12.5 Å². The van der Waals surface area contributed by atoms with Crippen LogP contribution in [0.2, 0.25) is 0 Å². The summed E-state index contributed by atoms with van der Waals surface area (Å²) >= 11 is 1.49. The fraction of sp³-hybridized carbons (Fsp3) is 0.364. The zero-order chi connectivity index (χ0) is 21.1. The summed E-state index contributed by atoms with van der Waals surface area (Å²) in [6.07, 6.45) is 0.114. The van der Waals surface area contributed by atoms with E-state index in [4.69, 9.17) is 19.2 Å². The molecule has 4 rings (SSSR count). The van der Waals surface area contributed by atoms with E-state index in [1.807, 2.05) is 56.6 Å². The molecule has 0 saturated heterocycles. The molecule has 1 amide bonds. The molecule has 166 valence electrons. The number of hydrogen-bond acceptors (Lipinski definition) is 7. The number of para-hydroxylation sites is 2. The Balaban J connectivity index is 0.00000272. The fourth-order valence-electron chi connectivity index (χ4n) is 3.30. The van der Waals surface area contributed by atoms with E-state index >= 15 is 0 Å². The van der Waals surface area contributed by atoms with E-state index in [9.17, 15) is 4.79 Å². The van der Waals surface area contributed by atoms with Crippen molar-refractivity contribution in [3.63, 3.8) is 0 Å². The van der Waals surface area contributed by atoms with Crippen LogP contribution < -0.4 is 19.1 Å². The van der Waals surface area contributed by atoms with E-state index in [1.54, 1.807) is 12.0 Å². The summed E-state index contributed by atoms with van der Waals surface area (Å²) in [7, 11) is 5.67. The number of carbonyl (C=O) groups is 1. The number of aromatic nitrogens is 1. The predicted molar refractivity (Wildman–Crippen MR) is 125 cm³/mol. The van der Waals surface area contributed by atoms with Crippen LogP contribution in [0, 0.1) is 0 Å². The van der Waals surface area contributed by atoms with Crippen LogP contribution in [0.3, 0.4) is 0 Å². The van der Waals surface area contributed by atoms with Gasteiger partial charge in [-0.1, -0.05) is 23.5 Å². The van der Waals surface area contributed by atoms with Crippen molar-refractivity contribution < 1.29 is 19.0 Å². The van der Waals surface area contributed by atoms with Gasteiger partial charge in [-0.15, -0.1) is 12.4 Å². The molecule has 1 unspecified atom stereocenters. The van der Waals surface area contributed by atoms with Crippen molar-refractivity contribution in [1.29, 1.82) is 0 Å². The average molecular weight is 464 g/mol. The molecule has 3 aromatic rings. The Morgan fingerprint density at radius 3 is 2.71 bits per heavy atom. The lowest BCUT2D eigenvalue weighted by molar-refractivity contribution is -0.127. The summed E-state index contributed by atoms with van der Waals surface area (Å²) in [6, 6.07) is 13.2. The molecule has 2 aromatic carbocycles. The third-order valence-corrected chi connectivity index (χ3v) is 5.91. The van der Waals surface area contributed by atoms with E-state index in [0.29, 0.717) is 23.2 Å². The first kappa shape index (κ1) is 23.1. The molecule has 9 heteroatoms. The molecule has 0 spiro atoms. The number of amides is 1. The van der Waals surface area contributed by atoms with Crippen LogP contribution in [0.15, 0.2) is 42.5 Å². The maximum Gasteiger partial charge on any atom is 0.273 e. The smallest absolute Gasteiger partial charge is 0.273 e. The molecular formula is C22H26ClN3O4S. The lowest BCUT2D eigenvalue weighted by atomic mass is 10.2. The lowest BCUT2D eigenvalue weighted by Crippen LogP contribution is -2.47. The van der Waals surface area contributed by atoms with Gasteiger partial charge in [0.2, 0.25) is 6.10 Å². The highest BCUT2D eigenvalue weighted by atomic mass is 35.5. The molecule has 0 aliphatic carbocycles. The molecule has 0 saturated carbocycles. The van der Waals surface area contributed by atoms with Gasteiger partial charge in [-0.3, -0.25) is 9.69 Å². The van der Waals surface area contributed by atoms with Crippen molar-refractivity contribution in [2.75, 3.05) is 45.8 Å². The first-order valence-electron chi connectivity index (χ1n) is 9.84. The molecular weight excluding hydrogens is 438 g/mol. The van der Waals surface area contributed by atoms with E-state index in [-0.39, 0.29) is 24.9 Å². The summed E-state index contributed by atoms with van der Waals surface area (Å²) in [5.74, 6) is 1.84. The van der Waals surface area contributed by atoms with E-state index in [2.05, 4.69) is 4.90 Å². The van der Waals surface area contributed by atoms with Crippen LogP contribution >= 0.6 is 23.7 Å². The van der Waals surface area contributed by atoms with Gasteiger partial charge in [-0.05, 0) is 51.3 Å². The van der Waals surface area contributed by atoms with Gasteiger partial charge in [-0.25, -0.2) is 4.98 Å². The largest absolute Gasteiger partial charge is 0.497 e. The van der Waals surface area contributed by atoms with Crippen LogP contribution in [-0.4, -0.2) is 62.8 Å². The van der Waals surface area contributed by atoms with Gasteiger partial charge in [0.1, 0.15) is 12.4 Å². The fourth-order valence-corrected chi connectivity index (χ4v) is 4.28. The quantitative estimate of drug-likeness (QED) is 0.530. The number of methoxy groups -OCH3 is 1. The third-order valence-electron chi connectivity index (χ3n) is 4.85. The first-order valence-corrected chi connectivity index (χ1v) is 10.7. The Kier molecular flexibility index (Phi) is 7.59. The topological polar surface area (TPSA) is 64.1 Å². The van der Waals surface area contributed by atoms with Gasteiger partial charge in [0, 0.05) is 12.6 Å². The van der Waals surface area contributed by atoms with Gasteiger partial charge in [0.25, 0.3) is 5.91 Å². The molecule has 0 fully saturated rings. The van der Waals surface area contributed by atoms with Gasteiger partial charge in [0.05, 0.1) is 17.3 Å². The van der Waals surface area contributed by atoms with E-state index in [1.165, 1.54) is 11.3 Å². The summed E-state index contributed by atoms with van der Waals surface area (Å²) in [5, 5.41) is 0.657. The highest BCUT2D eigenvalue weighted by Gasteiger charge is 2.33. The number of halogens is 1. The first-order chi connectivity index (χ1) is 14.5. The van der Waals surface area contributed by atoms with Crippen LogP contribution in [-0.2, 0) is 4.79 Å². The molecule has 31 heavy (non-hydrogen) atoms. The monoisotopic (exact) mass is 463 g/mol. The average Bonchev–Trinajstić information content (AvgIpc) is 3.18. The maximum absolute atomic E-state index is 13.4. The Labute approximate surface area is 191 Å². The van der Waals surface area contributed by atoms with Crippen LogP contribution in [0.1, 0.15) is 6.42 Å². The van der Waals surface area contributed by atoms with Crippen molar-refractivity contribution >= 4 is 45.0 Å². The Morgan fingerprint density at radius 1 is 1.19 bits per heavy atom. The lowest BCUT2D eigenvalue weighted by Gasteiger charge is -2.29. The number of hydrogen-bond donors (Lipinski definition) is 0. The number of thiazole rings is 1. The molecule has 7 nitrogen and oxygen atoms in total. The number of benzene rings is 2. The second-order valence-corrected chi connectivity index (χ2v) is 8.35. The molecule has 0 bridgehead atoms. The van der Waals surface area contributed by atoms with Gasteiger partial charge >= 0.3 is 0 Å². The van der Waals surface area contributed by atoms with Crippen molar-refractivity contribution in [3.05, 3.63) is 42.5 Å². The molecule has 1 aromatic heterocycles. The van der Waals surface area contributed by atoms with Gasteiger partial charge in [-0.2, -0.15) is 0 Å². The molecule has 1 aliphatic heterocycles. The second-order valence-electron chi connectivity index (χ2n) is 7.34. The number of anilines is 1.